The molecule has 1 aromatic heterocycles. The first-order valence-corrected chi connectivity index (χ1v) is 9.13. The minimum atomic E-state index is 0.0430. The molecule has 6 heteroatoms. The summed E-state index contributed by atoms with van der Waals surface area (Å²) >= 11 is 1.92. The Hall–Kier alpha value is -1.95. The van der Waals surface area contributed by atoms with Crippen molar-refractivity contribution in [3.05, 3.63) is 53.9 Å². The van der Waals surface area contributed by atoms with Gasteiger partial charge in [-0.15, -0.1) is 0 Å². The number of rotatable bonds is 4. The first-order chi connectivity index (χ1) is 11.3. The van der Waals surface area contributed by atoms with Gasteiger partial charge < -0.3 is 10.2 Å². The van der Waals surface area contributed by atoms with Gasteiger partial charge in [0.2, 0.25) is 0 Å². The molecule has 0 bridgehead atoms. The third-order valence-corrected chi connectivity index (χ3v) is 5.00. The van der Waals surface area contributed by atoms with Crippen molar-refractivity contribution in [1.82, 2.24) is 20.0 Å². The molecule has 0 radical (unpaired) electrons. The van der Waals surface area contributed by atoms with Crippen molar-refractivity contribution >= 4 is 17.8 Å². The molecule has 1 aliphatic rings. The number of carbonyl (C=O) groups excluding carboxylic acids is 1. The summed E-state index contributed by atoms with van der Waals surface area (Å²) in [7, 11) is 0. The van der Waals surface area contributed by atoms with E-state index >= 15 is 0 Å². The van der Waals surface area contributed by atoms with E-state index in [1.807, 2.05) is 45.7 Å². The molecule has 1 N–H and O–H groups in total. The van der Waals surface area contributed by atoms with E-state index in [1.54, 1.807) is 6.20 Å². The Morgan fingerprint density at radius 1 is 1.17 bits per heavy atom. The number of carbonyl (C=O) groups is 1. The van der Waals surface area contributed by atoms with Gasteiger partial charge in [-0.3, -0.25) is 4.68 Å². The number of hydrogen-bond acceptors (Lipinski definition) is 3. The number of amides is 2. The van der Waals surface area contributed by atoms with Crippen molar-refractivity contribution in [2.45, 2.75) is 19.5 Å². The lowest BCUT2D eigenvalue weighted by Crippen LogP contribution is -2.40. The maximum atomic E-state index is 12.3. The van der Waals surface area contributed by atoms with Crippen LogP contribution in [0.5, 0.6) is 0 Å². The molecule has 1 aromatic carbocycles. The van der Waals surface area contributed by atoms with E-state index in [9.17, 15) is 4.79 Å². The summed E-state index contributed by atoms with van der Waals surface area (Å²) in [4.78, 5) is 14.3. The highest BCUT2D eigenvalue weighted by atomic mass is 32.2. The average Bonchev–Trinajstić information content (AvgIpc) is 2.93. The van der Waals surface area contributed by atoms with Crippen LogP contribution in [0.1, 0.15) is 17.5 Å². The lowest BCUT2D eigenvalue weighted by Gasteiger charge is -2.21. The number of urea groups is 1. The van der Waals surface area contributed by atoms with Gasteiger partial charge in [0.15, 0.2) is 0 Å². The van der Waals surface area contributed by atoms with Crippen molar-refractivity contribution in [3.63, 3.8) is 0 Å². The molecule has 1 aliphatic heterocycles. The van der Waals surface area contributed by atoms with Gasteiger partial charge >= 0.3 is 6.03 Å². The SMILES string of the molecule is O=C(NCc1ccccc1Cn1cccn1)N1CCCSCC1. The molecule has 1 saturated heterocycles. The summed E-state index contributed by atoms with van der Waals surface area (Å²) < 4.78 is 1.90. The van der Waals surface area contributed by atoms with Gasteiger partial charge in [0.05, 0.1) is 6.54 Å². The zero-order chi connectivity index (χ0) is 15.9. The van der Waals surface area contributed by atoms with Gasteiger partial charge in [0.1, 0.15) is 0 Å². The Bertz CT molecular complexity index is 621. The summed E-state index contributed by atoms with van der Waals surface area (Å²) in [6.07, 6.45) is 4.81. The number of hydrogen-bond donors (Lipinski definition) is 1. The van der Waals surface area contributed by atoms with Crippen LogP contribution in [0.15, 0.2) is 42.7 Å². The Morgan fingerprint density at radius 2 is 2.04 bits per heavy atom. The number of aromatic nitrogens is 2. The summed E-state index contributed by atoms with van der Waals surface area (Å²) in [5.41, 5.74) is 2.32. The molecule has 2 amide bonds. The van der Waals surface area contributed by atoms with Crippen LogP contribution >= 0.6 is 11.8 Å². The lowest BCUT2D eigenvalue weighted by molar-refractivity contribution is 0.201. The highest BCUT2D eigenvalue weighted by Gasteiger charge is 2.15. The summed E-state index contributed by atoms with van der Waals surface area (Å²) in [6.45, 7) is 2.97. The highest BCUT2D eigenvalue weighted by molar-refractivity contribution is 7.99. The van der Waals surface area contributed by atoms with E-state index in [0.717, 1.165) is 43.1 Å². The smallest absolute Gasteiger partial charge is 0.317 e. The minimum Gasteiger partial charge on any atom is -0.334 e. The number of nitrogens with one attached hydrogen (secondary N) is 1. The molecule has 0 spiro atoms. The van der Waals surface area contributed by atoms with Crippen LogP contribution in [0.2, 0.25) is 0 Å². The van der Waals surface area contributed by atoms with Gasteiger partial charge in [0, 0.05) is 37.8 Å². The largest absolute Gasteiger partial charge is 0.334 e. The van der Waals surface area contributed by atoms with E-state index < -0.39 is 0 Å². The van der Waals surface area contributed by atoms with Crippen LogP contribution in [0.25, 0.3) is 0 Å². The monoisotopic (exact) mass is 330 g/mol. The summed E-state index contributed by atoms with van der Waals surface area (Å²) in [6, 6.07) is 10.2. The van der Waals surface area contributed by atoms with E-state index in [0.29, 0.717) is 6.54 Å². The van der Waals surface area contributed by atoms with Crippen LogP contribution < -0.4 is 5.32 Å². The van der Waals surface area contributed by atoms with E-state index in [-0.39, 0.29) is 6.03 Å². The number of thioether (sulfide) groups is 1. The van der Waals surface area contributed by atoms with Crippen LogP contribution in [0, 0.1) is 0 Å². The molecule has 122 valence electrons. The van der Waals surface area contributed by atoms with Gasteiger partial charge in [0.25, 0.3) is 0 Å². The molecule has 0 unspecified atom stereocenters. The van der Waals surface area contributed by atoms with Gasteiger partial charge in [-0.1, -0.05) is 24.3 Å². The third-order valence-electron chi connectivity index (χ3n) is 3.95. The Balaban J connectivity index is 1.60. The van der Waals surface area contributed by atoms with Crippen LogP contribution in [-0.2, 0) is 13.1 Å². The van der Waals surface area contributed by atoms with Crippen molar-refractivity contribution < 1.29 is 4.79 Å². The molecule has 23 heavy (non-hydrogen) atoms. The Labute approximate surface area is 141 Å². The van der Waals surface area contributed by atoms with Gasteiger partial charge in [-0.2, -0.15) is 16.9 Å². The van der Waals surface area contributed by atoms with Gasteiger partial charge in [-0.25, -0.2) is 4.79 Å². The Morgan fingerprint density at radius 3 is 2.87 bits per heavy atom. The second-order valence-corrected chi connectivity index (χ2v) is 6.81. The van der Waals surface area contributed by atoms with E-state index in [2.05, 4.69) is 22.5 Å². The summed E-state index contributed by atoms with van der Waals surface area (Å²) in [5, 5.41) is 7.32. The molecule has 0 atom stereocenters. The zero-order valence-electron chi connectivity index (χ0n) is 13.1. The van der Waals surface area contributed by atoms with Gasteiger partial charge in [-0.05, 0) is 29.4 Å². The van der Waals surface area contributed by atoms with E-state index in [1.165, 1.54) is 5.56 Å². The minimum absolute atomic E-state index is 0.0430. The first-order valence-electron chi connectivity index (χ1n) is 7.97. The fourth-order valence-corrected chi connectivity index (χ4v) is 3.57. The van der Waals surface area contributed by atoms with Crippen LogP contribution in [-0.4, -0.2) is 45.3 Å². The normalized spacial score (nSPS) is 15.2. The second-order valence-electron chi connectivity index (χ2n) is 5.58. The van der Waals surface area contributed by atoms with Crippen molar-refractivity contribution in [2.24, 2.45) is 0 Å². The molecule has 0 saturated carbocycles. The molecule has 0 aliphatic carbocycles. The Kier molecular flexibility index (Phi) is 5.58. The van der Waals surface area contributed by atoms with Crippen LogP contribution in [0.3, 0.4) is 0 Å². The fraction of sp³-hybridized carbons (Fsp3) is 0.412. The molecular weight excluding hydrogens is 308 g/mol. The number of nitrogens with zero attached hydrogens (tertiary/aromatic N) is 3. The van der Waals surface area contributed by atoms with Crippen molar-refractivity contribution in [2.75, 3.05) is 24.6 Å². The fourth-order valence-electron chi connectivity index (χ4n) is 2.68. The van der Waals surface area contributed by atoms with E-state index in [4.69, 9.17) is 0 Å². The maximum Gasteiger partial charge on any atom is 0.317 e. The molecule has 5 nitrogen and oxygen atoms in total. The average molecular weight is 330 g/mol. The molecule has 3 rings (SSSR count). The molecule has 2 heterocycles. The predicted molar refractivity (Wildman–Crippen MR) is 93.5 cm³/mol. The summed E-state index contributed by atoms with van der Waals surface area (Å²) in [5.74, 6) is 2.18. The second kappa shape index (κ2) is 8.06. The first kappa shape index (κ1) is 15.9. The van der Waals surface area contributed by atoms with Crippen molar-refractivity contribution in [1.29, 1.82) is 0 Å². The quantitative estimate of drug-likeness (QED) is 0.937. The highest BCUT2D eigenvalue weighted by Crippen LogP contribution is 2.12. The van der Waals surface area contributed by atoms with Crippen LogP contribution in [0.4, 0.5) is 4.79 Å². The molecule has 1 fully saturated rings. The maximum absolute atomic E-state index is 12.3. The molecule has 2 aromatic rings. The topological polar surface area (TPSA) is 50.2 Å². The third kappa shape index (κ3) is 4.51. The lowest BCUT2D eigenvalue weighted by atomic mass is 10.1. The number of benzene rings is 1. The molecular formula is C17H22N4OS. The standard InChI is InChI=1S/C17H22N4OS/c22-17(20-8-4-11-23-12-10-20)18-13-15-5-1-2-6-16(15)14-21-9-3-7-19-21/h1-3,5-7,9H,4,8,10-14H2,(H,18,22). The zero-order valence-corrected chi connectivity index (χ0v) is 14.0. The predicted octanol–water partition coefficient (Wildman–Crippen LogP) is 2.58. The van der Waals surface area contributed by atoms with Crippen molar-refractivity contribution in [3.8, 4) is 0 Å².